The Morgan fingerprint density at radius 3 is 2.00 bits per heavy atom. The molecule has 0 radical (unpaired) electrons. The smallest absolute Gasteiger partial charge is 0.0671 e. The molecule has 0 saturated carbocycles. The number of allylic oxidation sites excluding steroid dienone is 13. The van der Waals surface area contributed by atoms with Gasteiger partial charge in [0.15, 0.2) is 0 Å². The van der Waals surface area contributed by atoms with Gasteiger partial charge in [-0.1, -0.05) is 197 Å². The molecule has 4 heteroatoms. The van der Waals surface area contributed by atoms with Crippen LogP contribution in [0.15, 0.2) is 260 Å². The van der Waals surface area contributed by atoms with Gasteiger partial charge in [0.05, 0.1) is 29.3 Å². The lowest BCUT2D eigenvalue weighted by molar-refractivity contribution is 0.660. The van der Waals surface area contributed by atoms with E-state index in [2.05, 4.69) is 237 Å². The Labute approximate surface area is 454 Å². The minimum atomic E-state index is -0.127. The minimum Gasteiger partial charge on any atom is -0.398 e. The fraction of sp³-hybridized carbons (Fsp3) is 0.110. The summed E-state index contributed by atoms with van der Waals surface area (Å²) in [6.07, 6.45) is 36.7. The summed E-state index contributed by atoms with van der Waals surface area (Å²) >= 11 is 0. The molecule has 2 heterocycles. The van der Waals surface area contributed by atoms with Crippen LogP contribution in [0.2, 0.25) is 0 Å². The van der Waals surface area contributed by atoms with Crippen molar-refractivity contribution in [2.45, 2.75) is 44.9 Å². The molecule has 0 fully saturated rings. The SMILES string of the molecule is C=C/C=C(\C=C)CN=C(/C=C(\N)c1ccc(N2C3=C(C=Cc4cc(-c5ccc6c(c5)C=Cc5cc(C7=CCCCC=C7)ccc5N6c5ccc6c(c5)C(C)(C)c5ccccc5-6)ccc42)CC=CC=C3)cc1)c1ccccc1. The molecule has 7 aromatic rings. The lowest BCUT2D eigenvalue weighted by Gasteiger charge is -2.30. The third kappa shape index (κ3) is 9.38. The van der Waals surface area contributed by atoms with E-state index in [1.807, 2.05) is 36.4 Å². The van der Waals surface area contributed by atoms with E-state index in [-0.39, 0.29) is 5.41 Å². The van der Waals surface area contributed by atoms with Crippen molar-refractivity contribution in [2.75, 3.05) is 16.3 Å². The molecule has 0 spiro atoms. The van der Waals surface area contributed by atoms with Gasteiger partial charge in [-0.25, -0.2) is 0 Å². The summed E-state index contributed by atoms with van der Waals surface area (Å²) in [5.74, 6) is 0. The molecule has 7 aromatic carbocycles. The van der Waals surface area contributed by atoms with Crippen LogP contribution in [0.5, 0.6) is 0 Å². The zero-order valence-electron chi connectivity index (χ0n) is 44.0. The normalized spacial score (nSPS) is 16.2. The van der Waals surface area contributed by atoms with Crippen LogP contribution < -0.4 is 15.5 Å². The third-order valence-corrected chi connectivity index (χ3v) is 15.7. The van der Waals surface area contributed by atoms with Crippen LogP contribution in [0.1, 0.15) is 84.0 Å². The number of nitrogens with zero attached hydrogens (tertiary/aromatic N) is 3. The largest absolute Gasteiger partial charge is 0.398 e. The molecule has 12 rings (SSSR count). The summed E-state index contributed by atoms with van der Waals surface area (Å²) in [6, 6.07) is 55.7. The van der Waals surface area contributed by atoms with Crippen LogP contribution in [-0.4, -0.2) is 12.3 Å². The zero-order chi connectivity index (χ0) is 52.5. The van der Waals surface area contributed by atoms with Crippen molar-refractivity contribution in [2.24, 2.45) is 10.7 Å². The van der Waals surface area contributed by atoms with Crippen LogP contribution in [0.25, 0.3) is 51.8 Å². The standard InChI is InChI=1S/C73H62N4/c1-5-19-50(6-2)49-75-68(53-22-13-9-14-23-53)48-67(74)52-32-37-61(38-33-52)76-69-27-16-10-15-24-54(69)28-29-58-45-56(35-42-70(58)76)57-36-43-72-60(46-57)31-30-59-44-55(51-20-11-7-8-12-21-51)34-41-71(59)77(72)62-39-40-64-63-25-17-18-26-65(63)73(3,4)66(64)47-62/h5-6,9-11,13-23,25-48H,1-2,7-8,12,24,49,74H2,3-4H3/b50-19+,67-48-,75-68?. The first kappa shape index (κ1) is 48.7. The number of anilines is 5. The van der Waals surface area contributed by atoms with E-state index in [0.717, 1.165) is 92.4 Å². The first-order valence-electron chi connectivity index (χ1n) is 26.9. The predicted molar refractivity (Wildman–Crippen MR) is 330 cm³/mol. The number of hydrogen-bond donors (Lipinski definition) is 1. The summed E-state index contributed by atoms with van der Waals surface area (Å²) in [4.78, 5) is 9.85. The van der Waals surface area contributed by atoms with Gasteiger partial charge in [0.2, 0.25) is 0 Å². The number of benzene rings is 7. The van der Waals surface area contributed by atoms with Crippen molar-refractivity contribution in [3.05, 3.63) is 299 Å². The maximum absolute atomic E-state index is 6.92. The quantitative estimate of drug-likeness (QED) is 0.104. The monoisotopic (exact) mass is 994 g/mol. The van der Waals surface area contributed by atoms with Crippen molar-refractivity contribution < 1.29 is 0 Å². The Balaban J connectivity index is 0.912. The summed E-state index contributed by atoms with van der Waals surface area (Å²) in [5.41, 5.74) is 32.9. The average molecular weight is 995 g/mol. The van der Waals surface area contributed by atoms with Crippen LogP contribution in [0.3, 0.4) is 0 Å². The van der Waals surface area contributed by atoms with Crippen molar-refractivity contribution >= 4 is 63.6 Å². The van der Waals surface area contributed by atoms with Gasteiger partial charge in [-0.3, -0.25) is 4.99 Å². The molecule has 0 saturated heterocycles. The van der Waals surface area contributed by atoms with E-state index in [9.17, 15) is 0 Å². The van der Waals surface area contributed by atoms with E-state index < -0.39 is 0 Å². The van der Waals surface area contributed by atoms with Crippen LogP contribution in [0.4, 0.5) is 28.4 Å². The van der Waals surface area contributed by atoms with Gasteiger partial charge in [0.1, 0.15) is 0 Å². The molecule has 5 aliphatic rings. The molecule has 3 aliphatic carbocycles. The van der Waals surface area contributed by atoms with E-state index >= 15 is 0 Å². The Hall–Kier alpha value is -9.25. The van der Waals surface area contributed by atoms with Gasteiger partial charge in [0.25, 0.3) is 0 Å². The maximum atomic E-state index is 6.92. The summed E-state index contributed by atoms with van der Waals surface area (Å²) < 4.78 is 0. The van der Waals surface area contributed by atoms with Crippen molar-refractivity contribution in [3.8, 4) is 22.3 Å². The van der Waals surface area contributed by atoms with Gasteiger partial charge >= 0.3 is 0 Å². The zero-order valence-corrected chi connectivity index (χ0v) is 44.0. The van der Waals surface area contributed by atoms with Gasteiger partial charge < -0.3 is 15.5 Å². The molecule has 374 valence electrons. The van der Waals surface area contributed by atoms with E-state index in [4.69, 9.17) is 10.7 Å². The molecular weight excluding hydrogens is 933 g/mol. The molecule has 2 N–H and O–H groups in total. The Morgan fingerprint density at radius 2 is 1.26 bits per heavy atom. The molecular formula is C73H62N4. The highest BCUT2D eigenvalue weighted by atomic mass is 15.2. The Bertz CT molecular complexity index is 3840. The second-order valence-corrected chi connectivity index (χ2v) is 20.8. The highest BCUT2D eigenvalue weighted by Crippen LogP contribution is 2.52. The molecule has 77 heavy (non-hydrogen) atoms. The minimum absolute atomic E-state index is 0.127. The summed E-state index contributed by atoms with van der Waals surface area (Å²) in [6.45, 7) is 13.0. The van der Waals surface area contributed by atoms with E-state index in [1.54, 1.807) is 6.08 Å². The first-order valence-corrected chi connectivity index (χ1v) is 26.9. The highest BCUT2D eigenvalue weighted by Gasteiger charge is 2.36. The number of nitrogens with two attached hydrogens (primary N) is 1. The first-order chi connectivity index (χ1) is 37.7. The topological polar surface area (TPSA) is 44.9 Å². The summed E-state index contributed by atoms with van der Waals surface area (Å²) in [5, 5.41) is 0. The second-order valence-electron chi connectivity index (χ2n) is 20.8. The fourth-order valence-corrected chi connectivity index (χ4v) is 11.6. The Morgan fingerprint density at radius 1 is 0.597 bits per heavy atom. The lowest BCUT2D eigenvalue weighted by atomic mass is 9.82. The van der Waals surface area contributed by atoms with E-state index in [0.29, 0.717) is 12.2 Å². The molecule has 0 amide bonds. The van der Waals surface area contributed by atoms with Gasteiger partial charge in [-0.15, -0.1) is 0 Å². The van der Waals surface area contributed by atoms with Gasteiger partial charge in [-0.05, 0) is 182 Å². The van der Waals surface area contributed by atoms with Crippen LogP contribution in [-0.2, 0) is 5.41 Å². The second kappa shape index (κ2) is 20.8. The van der Waals surface area contributed by atoms with Gasteiger partial charge in [-0.2, -0.15) is 0 Å². The third-order valence-electron chi connectivity index (χ3n) is 15.7. The molecule has 0 unspecified atom stereocenters. The summed E-state index contributed by atoms with van der Waals surface area (Å²) in [7, 11) is 0. The molecule has 0 aromatic heterocycles. The van der Waals surface area contributed by atoms with Crippen molar-refractivity contribution in [1.29, 1.82) is 0 Å². The van der Waals surface area contributed by atoms with Crippen LogP contribution in [0, 0.1) is 0 Å². The van der Waals surface area contributed by atoms with E-state index in [1.165, 1.54) is 56.6 Å². The fourth-order valence-electron chi connectivity index (χ4n) is 11.6. The van der Waals surface area contributed by atoms with Gasteiger partial charge in [0, 0.05) is 28.2 Å². The van der Waals surface area contributed by atoms with Crippen molar-refractivity contribution in [1.82, 2.24) is 0 Å². The molecule has 0 bridgehead atoms. The lowest BCUT2D eigenvalue weighted by Crippen LogP contribution is -2.17. The van der Waals surface area contributed by atoms with Crippen LogP contribution >= 0.6 is 0 Å². The number of aliphatic imine (C=N–C) groups is 1. The average Bonchev–Trinajstić information content (AvgIpc) is 4.07. The molecule has 0 atom stereocenters. The molecule has 4 nitrogen and oxygen atoms in total. The number of rotatable bonds is 11. The van der Waals surface area contributed by atoms with Crippen molar-refractivity contribution in [3.63, 3.8) is 0 Å². The number of hydrogen-bond acceptors (Lipinski definition) is 4. The molecule has 2 aliphatic heterocycles. The highest BCUT2D eigenvalue weighted by molar-refractivity contribution is 6.12. The Kier molecular flexibility index (Phi) is 13.2. The number of fused-ring (bicyclic) bond motifs is 6. The predicted octanol–water partition coefficient (Wildman–Crippen LogP) is 18.8. The maximum Gasteiger partial charge on any atom is 0.0671 e.